The van der Waals surface area contributed by atoms with Crippen LogP contribution in [0.15, 0.2) is 48.5 Å². The van der Waals surface area contributed by atoms with E-state index in [2.05, 4.69) is 20.8 Å². The molecule has 2 rings (SSSR count). The van der Waals surface area contributed by atoms with Crippen LogP contribution in [0.2, 0.25) is 0 Å². The van der Waals surface area contributed by atoms with E-state index >= 15 is 0 Å². The summed E-state index contributed by atoms with van der Waals surface area (Å²) in [5.41, 5.74) is 2.81. The fraction of sp³-hybridized carbons (Fsp3) is 0.455. The predicted molar refractivity (Wildman–Crippen MR) is 114 cm³/mol. The zero-order valence-electron chi connectivity index (χ0n) is 17.1. The number of hydrogen-bond donors (Lipinski definition) is 1. The first-order valence-electron chi connectivity index (χ1n) is 9.59. The highest BCUT2D eigenvalue weighted by Crippen LogP contribution is 2.57. The Hall–Kier alpha value is -1.61. The van der Waals surface area contributed by atoms with Gasteiger partial charge in [0.1, 0.15) is 0 Å². The van der Waals surface area contributed by atoms with Gasteiger partial charge in [-0.25, -0.2) is 0 Å². The van der Waals surface area contributed by atoms with E-state index in [1.54, 1.807) is 12.1 Å². The first kappa shape index (κ1) is 21.7. The second kappa shape index (κ2) is 9.54. The number of aliphatic hydroxyl groups is 1. The average Bonchev–Trinajstić information content (AvgIpc) is 2.67. The Morgan fingerprint density at radius 2 is 1.56 bits per heavy atom. The normalized spacial score (nSPS) is 14.8. The van der Waals surface area contributed by atoms with Crippen molar-refractivity contribution in [2.24, 2.45) is 0 Å². The predicted octanol–water partition coefficient (Wildman–Crippen LogP) is 5.29. The maximum atomic E-state index is 13.8. The second-order valence-corrected chi connectivity index (χ2v) is 9.85. The van der Waals surface area contributed by atoms with E-state index in [-0.39, 0.29) is 0 Å². The molecule has 148 valence electrons. The molecule has 0 aliphatic heterocycles. The molecule has 0 radical (unpaired) electrons. The van der Waals surface area contributed by atoms with Crippen LogP contribution in [0, 0.1) is 0 Å². The van der Waals surface area contributed by atoms with Gasteiger partial charge < -0.3 is 14.5 Å². The van der Waals surface area contributed by atoms with Crippen LogP contribution in [0.5, 0.6) is 0 Å². The summed E-state index contributed by atoms with van der Waals surface area (Å²) in [4.78, 5) is 1.98. The average molecular weight is 389 g/mol. The van der Waals surface area contributed by atoms with Crippen LogP contribution in [0.1, 0.15) is 56.5 Å². The van der Waals surface area contributed by atoms with Gasteiger partial charge in [0, 0.05) is 25.1 Å². The van der Waals surface area contributed by atoms with Crippen molar-refractivity contribution < 1.29 is 14.2 Å². The molecule has 0 aliphatic carbocycles. The third-order valence-corrected chi connectivity index (χ3v) is 7.26. The Balaban J connectivity index is 2.37. The summed E-state index contributed by atoms with van der Waals surface area (Å²) in [6.45, 7) is 6.67. The van der Waals surface area contributed by atoms with E-state index in [9.17, 15) is 9.67 Å². The van der Waals surface area contributed by atoms with Crippen LogP contribution in [-0.4, -0.2) is 25.8 Å². The quantitative estimate of drug-likeness (QED) is 0.468. The van der Waals surface area contributed by atoms with Crippen LogP contribution in [-0.2, 0) is 9.09 Å². The Bertz CT molecular complexity index is 754. The molecule has 27 heavy (non-hydrogen) atoms. The summed E-state index contributed by atoms with van der Waals surface area (Å²) >= 11 is 0. The van der Waals surface area contributed by atoms with Crippen LogP contribution in [0.3, 0.4) is 0 Å². The Morgan fingerprint density at radius 3 is 2.04 bits per heavy atom. The van der Waals surface area contributed by atoms with Crippen molar-refractivity contribution in [1.29, 1.82) is 0 Å². The van der Waals surface area contributed by atoms with Crippen LogP contribution in [0.4, 0.5) is 5.69 Å². The maximum absolute atomic E-state index is 13.8. The summed E-state index contributed by atoms with van der Waals surface area (Å²) in [6.07, 6.45) is 1.75. The third kappa shape index (κ3) is 5.22. The van der Waals surface area contributed by atoms with Gasteiger partial charge in [0.25, 0.3) is 7.37 Å². The lowest BCUT2D eigenvalue weighted by Gasteiger charge is -2.25. The second-order valence-electron chi connectivity index (χ2n) is 7.39. The molecule has 2 atom stereocenters. The van der Waals surface area contributed by atoms with Gasteiger partial charge in [0.15, 0.2) is 5.85 Å². The molecule has 0 aromatic heterocycles. The zero-order chi connectivity index (χ0) is 20.0. The molecule has 0 heterocycles. The largest absolute Gasteiger partial charge is 0.378 e. The Labute approximate surface area is 163 Å². The third-order valence-electron chi connectivity index (χ3n) is 4.73. The smallest absolute Gasteiger partial charge is 0.264 e. The molecule has 4 nitrogen and oxygen atoms in total. The molecule has 0 saturated heterocycles. The molecule has 0 aliphatic rings. The van der Waals surface area contributed by atoms with E-state index in [0.717, 1.165) is 18.5 Å². The highest BCUT2D eigenvalue weighted by molar-refractivity contribution is 7.67. The van der Waals surface area contributed by atoms with Crippen LogP contribution >= 0.6 is 7.37 Å². The lowest BCUT2D eigenvalue weighted by molar-refractivity contribution is 0.213. The van der Waals surface area contributed by atoms with Crippen molar-refractivity contribution >= 4 is 18.4 Å². The van der Waals surface area contributed by atoms with Crippen molar-refractivity contribution in [3.63, 3.8) is 0 Å². The number of unbranched alkanes of at least 4 members (excludes halogenated alkanes) is 1. The molecule has 2 aromatic carbocycles. The topological polar surface area (TPSA) is 49.8 Å². The fourth-order valence-electron chi connectivity index (χ4n) is 2.84. The maximum Gasteiger partial charge on any atom is 0.264 e. The van der Waals surface area contributed by atoms with E-state index in [1.165, 1.54) is 5.56 Å². The minimum atomic E-state index is -3.47. The highest BCUT2D eigenvalue weighted by atomic mass is 31.2. The molecule has 0 saturated carbocycles. The summed E-state index contributed by atoms with van der Waals surface area (Å²) < 4.78 is 19.6. The van der Waals surface area contributed by atoms with Gasteiger partial charge in [-0.3, -0.25) is 4.57 Å². The van der Waals surface area contributed by atoms with Gasteiger partial charge in [0.2, 0.25) is 0 Å². The van der Waals surface area contributed by atoms with E-state index in [4.69, 9.17) is 4.52 Å². The Morgan fingerprint density at radius 1 is 1.00 bits per heavy atom. The molecule has 5 heteroatoms. The fourth-order valence-corrected chi connectivity index (χ4v) is 4.94. The van der Waals surface area contributed by atoms with E-state index in [1.807, 2.05) is 55.4 Å². The number of rotatable bonds is 9. The monoisotopic (exact) mass is 389 g/mol. The van der Waals surface area contributed by atoms with Crippen LogP contribution in [0.25, 0.3) is 0 Å². The molecule has 0 unspecified atom stereocenters. The minimum absolute atomic E-state index is 0.365. The molecule has 2 aromatic rings. The lowest BCUT2D eigenvalue weighted by Crippen LogP contribution is -2.16. The summed E-state index contributed by atoms with van der Waals surface area (Å²) in [6, 6.07) is 15.1. The number of benzene rings is 2. The number of nitrogens with zero attached hydrogens (tertiary/aromatic N) is 1. The van der Waals surface area contributed by atoms with E-state index < -0.39 is 13.2 Å². The van der Waals surface area contributed by atoms with Crippen molar-refractivity contribution in [3.8, 4) is 0 Å². The molecule has 0 bridgehead atoms. The van der Waals surface area contributed by atoms with Gasteiger partial charge >= 0.3 is 0 Å². The number of hydrogen-bond acceptors (Lipinski definition) is 4. The zero-order valence-corrected chi connectivity index (χ0v) is 17.9. The highest BCUT2D eigenvalue weighted by Gasteiger charge is 2.36. The lowest BCUT2D eigenvalue weighted by atomic mass is 10.0. The van der Waals surface area contributed by atoms with E-state index in [0.29, 0.717) is 23.4 Å². The van der Waals surface area contributed by atoms with Crippen molar-refractivity contribution in [1.82, 2.24) is 0 Å². The molecule has 1 N–H and O–H groups in total. The first-order valence-corrected chi connectivity index (χ1v) is 11.3. The number of anilines is 1. The first-order chi connectivity index (χ1) is 12.8. The van der Waals surface area contributed by atoms with Crippen molar-refractivity contribution in [3.05, 3.63) is 59.7 Å². The summed E-state index contributed by atoms with van der Waals surface area (Å²) in [5, 5.41) is 11.5. The van der Waals surface area contributed by atoms with Crippen LogP contribution < -0.4 is 10.2 Å². The molecular weight excluding hydrogens is 357 g/mol. The van der Waals surface area contributed by atoms with Gasteiger partial charge in [-0.05, 0) is 47.7 Å². The molecule has 0 fully saturated rings. The SMILES string of the molecule is CCCCO[P@@](=O)(c1ccc(N(C)C)cc1)[C@@H](O)c1ccc(C(C)C)cc1. The molecule has 0 amide bonds. The van der Waals surface area contributed by atoms with Gasteiger partial charge in [0.05, 0.1) is 6.61 Å². The van der Waals surface area contributed by atoms with Gasteiger partial charge in [-0.1, -0.05) is 51.5 Å². The van der Waals surface area contributed by atoms with Crippen molar-refractivity contribution in [2.45, 2.75) is 45.4 Å². The Kier molecular flexibility index (Phi) is 7.67. The summed E-state index contributed by atoms with van der Waals surface area (Å²) in [5.74, 6) is -0.775. The van der Waals surface area contributed by atoms with Gasteiger partial charge in [-0.15, -0.1) is 0 Å². The van der Waals surface area contributed by atoms with Gasteiger partial charge in [-0.2, -0.15) is 0 Å². The summed E-state index contributed by atoms with van der Waals surface area (Å²) in [7, 11) is 0.445. The minimum Gasteiger partial charge on any atom is -0.378 e. The van der Waals surface area contributed by atoms with Crippen molar-refractivity contribution in [2.75, 3.05) is 25.6 Å². The molecule has 0 spiro atoms. The molecular formula is C22H32NO3P. The number of aliphatic hydroxyl groups excluding tert-OH is 1. The standard InChI is InChI=1S/C22H32NO3P/c1-6-7-16-26-27(25,21-14-12-20(13-15-21)23(4)5)22(24)19-10-8-18(9-11-19)17(2)3/h8-15,17,22,24H,6-7,16H2,1-5H3/t22-,27+/m1/s1.